The monoisotopic (exact) mass is 376 g/mol. The van der Waals surface area contributed by atoms with Crippen LogP contribution in [0.2, 0.25) is 0 Å². The molecule has 1 amide bonds. The van der Waals surface area contributed by atoms with Crippen molar-refractivity contribution in [3.8, 4) is 17.0 Å². The number of nitrogen functional groups attached to an aromatic ring is 1. The standard InChI is InChI=1S/C22H24N4O2/c1-28-18-12-10-17(11-13-18)19-15-25-21(23)20(26-19)22(27)24-14-6-5-9-16-7-3-2-4-8-16/h2-4,7-8,10-13,15H,5-6,9,14H2,1H3,(H2,23,25)(H,24,27). The molecule has 0 radical (unpaired) electrons. The number of nitrogens with zero attached hydrogens (tertiary/aromatic N) is 2. The van der Waals surface area contributed by atoms with E-state index in [4.69, 9.17) is 10.5 Å². The third kappa shape index (κ3) is 5.07. The number of unbranched alkanes of at least 4 members (excludes halogenated alkanes) is 1. The number of rotatable bonds is 8. The molecule has 3 aromatic rings. The number of amides is 1. The van der Waals surface area contributed by atoms with E-state index in [1.165, 1.54) is 5.56 Å². The molecule has 6 nitrogen and oxygen atoms in total. The number of carbonyl (C=O) groups is 1. The summed E-state index contributed by atoms with van der Waals surface area (Å²) >= 11 is 0. The van der Waals surface area contributed by atoms with Crippen molar-refractivity contribution in [2.45, 2.75) is 19.3 Å². The maximum Gasteiger partial charge on any atom is 0.273 e. The van der Waals surface area contributed by atoms with E-state index in [0.29, 0.717) is 12.2 Å². The number of nitrogens with two attached hydrogens (primary N) is 1. The molecule has 1 aromatic heterocycles. The van der Waals surface area contributed by atoms with Crippen LogP contribution in [0.15, 0.2) is 60.8 Å². The van der Waals surface area contributed by atoms with Crippen molar-refractivity contribution in [2.24, 2.45) is 0 Å². The van der Waals surface area contributed by atoms with Gasteiger partial charge in [0.2, 0.25) is 0 Å². The minimum atomic E-state index is -0.305. The van der Waals surface area contributed by atoms with Crippen LogP contribution >= 0.6 is 0 Å². The molecule has 3 N–H and O–H groups in total. The van der Waals surface area contributed by atoms with Crippen molar-refractivity contribution < 1.29 is 9.53 Å². The van der Waals surface area contributed by atoms with Gasteiger partial charge in [-0.1, -0.05) is 30.3 Å². The van der Waals surface area contributed by atoms with Crippen LogP contribution in [-0.2, 0) is 6.42 Å². The van der Waals surface area contributed by atoms with Gasteiger partial charge in [0, 0.05) is 12.1 Å². The second kappa shape index (κ2) is 9.50. The second-order valence-electron chi connectivity index (χ2n) is 6.42. The number of aromatic nitrogens is 2. The Morgan fingerprint density at radius 3 is 2.54 bits per heavy atom. The number of hydrogen-bond donors (Lipinski definition) is 2. The fraction of sp³-hybridized carbons (Fsp3) is 0.227. The third-order valence-corrected chi connectivity index (χ3v) is 4.42. The first-order chi connectivity index (χ1) is 13.7. The molecular formula is C22H24N4O2. The van der Waals surface area contributed by atoms with E-state index in [0.717, 1.165) is 30.6 Å². The lowest BCUT2D eigenvalue weighted by Gasteiger charge is -2.09. The number of aryl methyl sites for hydroxylation is 1. The van der Waals surface area contributed by atoms with Gasteiger partial charge in [-0.3, -0.25) is 4.79 Å². The molecule has 0 atom stereocenters. The van der Waals surface area contributed by atoms with Gasteiger partial charge < -0.3 is 15.8 Å². The van der Waals surface area contributed by atoms with Crippen molar-refractivity contribution >= 4 is 11.7 Å². The van der Waals surface area contributed by atoms with E-state index in [1.54, 1.807) is 13.3 Å². The van der Waals surface area contributed by atoms with E-state index in [-0.39, 0.29) is 17.4 Å². The SMILES string of the molecule is COc1ccc(-c2cnc(N)c(C(=O)NCCCCc3ccccc3)n2)cc1. The second-order valence-corrected chi connectivity index (χ2v) is 6.42. The summed E-state index contributed by atoms with van der Waals surface area (Å²) in [5.41, 5.74) is 8.74. The molecule has 0 bridgehead atoms. The lowest BCUT2D eigenvalue weighted by Crippen LogP contribution is -2.27. The van der Waals surface area contributed by atoms with Crippen LogP contribution < -0.4 is 15.8 Å². The van der Waals surface area contributed by atoms with E-state index in [1.807, 2.05) is 42.5 Å². The van der Waals surface area contributed by atoms with Gasteiger partial charge in [-0.15, -0.1) is 0 Å². The molecule has 28 heavy (non-hydrogen) atoms. The molecule has 3 rings (SSSR count). The first-order valence-corrected chi connectivity index (χ1v) is 9.26. The van der Waals surface area contributed by atoms with Gasteiger partial charge in [0.05, 0.1) is 19.0 Å². The molecule has 1 heterocycles. The predicted octanol–water partition coefficient (Wildman–Crippen LogP) is 3.49. The average molecular weight is 376 g/mol. The van der Waals surface area contributed by atoms with Gasteiger partial charge in [0.1, 0.15) is 5.75 Å². The zero-order valence-electron chi connectivity index (χ0n) is 15.9. The number of nitrogens with one attached hydrogen (secondary N) is 1. The largest absolute Gasteiger partial charge is 0.497 e. The number of carbonyl (C=O) groups excluding carboxylic acids is 1. The summed E-state index contributed by atoms with van der Waals surface area (Å²) < 4.78 is 5.16. The summed E-state index contributed by atoms with van der Waals surface area (Å²) in [6.45, 7) is 0.569. The number of methoxy groups -OCH3 is 1. The molecule has 0 aliphatic rings. The Morgan fingerprint density at radius 1 is 1.07 bits per heavy atom. The van der Waals surface area contributed by atoms with Gasteiger partial charge in [-0.2, -0.15) is 0 Å². The highest BCUT2D eigenvalue weighted by Crippen LogP contribution is 2.21. The van der Waals surface area contributed by atoms with E-state index >= 15 is 0 Å². The van der Waals surface area contributed by atoms with Gasteiger partial charge in [-0.05, 0) is 49.1 Å². The molecule has 0 spiro atoms. The van der Waals surface area contributed by atoms with Crippen molar-refractivity contribution in [2.75, 3.05) is 19.4 Å². The minimum Gasteiger partial charge on any atom is -0.497 e. The van der Waals surface area contributed by atoms with Crippen LogP contribution in [0.5, 0.6) is 5.75 Å². The summed E-state index contributed by atoms with van der Waals surface area (Å²) in [6.07, 6.45) is 4.43. The van der Waals surface area contributed by atoms with Crippen LogP contribution in [0.1, 0.15) is 28.9 Å². The fourth-order valence-electron chi connectivity index (χ4n) is 2.85. The Bertz CT molecular complexity index is 912. The molecule has 6 heteroatoms. The van der Waals surface area contributed by atoms with Crippen LogP contribution in [-0.4, -0.2) is 29.5 Å². The van der Waals surface area contributed by atoms with Gasteiger partial charge in [0.15, 0.2) is 11.5 Å². The van der Waals surface area contributed by atoms with E-state index < -0.39 is 0 Å². The first-order valence-electron chi connectivity index (χ1n) is 9.26. The minimum absolute atomic E-state index is 0.124. The van der Waals surface area contributed by atoms with Crippen molar-refractivity contribution in [3.63, 3.8) is 0 Å². The van der Waals surface area contributed by atoms with Gasteiger partial charge >= 0.3 is 0 Å². The zero-order chi connectivity index (χ0) is 19.8. The Kier molecular flexibility index (Phi) is 6.57. The Morgan fingerprint density at radius 2 is 1.82 bits per heavy atom. The maximum absolute atomic E-state index is 12.5. The quantitative estimate of drug-likeness (QED) is 0.587. The van der Waals surface area contributed by atoms with Gasteiger partial charge in [-0.25, -0.2) is 9.97 Å². The summed E-state index contributed by atoms with van der Waals surface area (Å²) in [5.74, 6) is 0.569. The molecular weight excluding hydrogens is 352 g/mol. The highest BCUT2D eigenvalue weighted by atomic mass is 16.5. The number of hydrogen-bond acceptors (Lipinski definition) is 5. The molecule has 0 aliphatic heterocycles. The number of anilines is 1. The van der Waals surface area contributed by atoms with Crippen molar-refractivity contribution in [1.29, 1.82) is 0 Å². The summed E-state index contributed by atoms with van der Waals surface area (Å²) in [5, 5.41) is 2.88. The molecule has 0 aliphatic carbocycles. The maximum atomic E-state index is 12.5. The van der Waals surface area contributed by atoms with Crippen LogP contribution in [0.25, 0.3) is 11.3 Å². The summed E-state index contributed by atoms with van der Waals surface area (Å²) in [4.78, 5) is 21.0. The fourth-order valence-corrected chi connectivity index (χ4v) is 2.85. The van der Waals surface area contributed by atoms with E-state index in [9.17, 15) is 4.79 Å². The Labute approximate surface area is 164 Å². The summed E-state index contributed by atoms with van der Waals surface area (Å²) in [7, 11) is 1.61. The van der Waals surface area contributed by atoms with Crippen molar-refractivity contribution in [3.05, 3.63) is 72.1 Å². The Balaban J connectivity index is 1.56. The third-order valence-electron chi connectivity index (χ3n) is 4.42. The normalized spacial score (nSPS) is 10.5. The smallest absolute Gasteiger partial charge is 0.273 e. The molecule has 0 saturated carbocycles. The molecule has 144 valence electrons. The predicted molar refractivity (Wildman–Crippen MR) is 110 cm³/mol. The molecule has 0 fully saturated rings. The highest BCUT2D eigenvalue weighted by molar-refractivity contribution is 5.96. The molecule has 2 aromatic carbocycles. The van der Waals surface area contributed by atoms with Gasteiger partial charge in [0.25, 0.3) is 5.91 Å². The highest BCUT2D eigenvalue weighted by Gasteiger charge is 2.14. The average Bonchev–Trinajstić information content (AvgIpc) is 2.74. The lowest BCUT2D eigenvalue weighted by molar-refractivity contribution is 0.0949. The Hall–Kier alpha value is -3.41. The zero-order valence-corrected chi connectivity index (χ0v) is 15.9. The topological polar surface area (TPSA) is 90.1 Å². The summed E-state index contributed by atoms with van der Waals surface area (Å²) in [6, 6.07) is 17.7. The van der Waals surface area contributed by atoms with Crippen LogP contribution in [0, 0.1) is 0 Å². The lowest BCUT2D eigenvalue weighted by atomic mass is 10.1. The molecule has 0 saturated heterocycles. The molecule has 0 unspecified atom stereocenters. The number of ether oxygens (including phenoxy) is 1. The number of benzene rings is 2. The first kappa shape index (κ1) is 19.4. The van der Waals surface area contributed by atoms with Crippen LogP contribution in [0.4, 0.5) is 5.82 Å². The van der Waals surface area contributed by atoms with Crippen molar-refractivity contribution in [1.82, 2.24) is 15.3 Å². The van der Waals surface area contributed by atoms with E-state index in [2.05, 4.69) is 27.4 Å². The van der Waals surface area contributed by atoms with Crippen LogP contribution in [0.3, 0.4) is 0 Å².